The summed E-state index contributed by atoms with van der Waals surface area (Å²) in [5, 5.41) is 0. The van der Waals surface area contributed by atoms with Gasteiger partial charge in [0.1, 0.15) is 6.10 Å². The molecule has 0 aliphatic heterocycles. The van der Waals surface area contributed by atoms with Gasteiger partial charge >= 0.3 is 5.97 Å². The molecule has 1 aliphatic carbocycles. The molecule has 1 rings (SSSR count). The maximum absolute atomic E-state index is 11.4. The van der Waals surface area contributed by atoms with Crippen molar-refractivity contribution in [1.82, 2.24) is 0 Å². The van der Waals surface area contributed by atoms with Crippen molar-refractivity contribution in [3.63, 3.8) is 0 Å². The highest BCUT2D eigenvalue weighted by atomic mass is 16.5. The minimum atomic E-state index is -0.237. The molecule has 0 amide bonds. The van der Waals surface area contributed by atoms with E-state index in [1.165, 1.54) is 6.42 Å². The Bertz CT molecular complexity index is 273. The van der Waals surface area contributed by atoms with E-state index in [0.717, 1.165) is 19.3 Å². The molecule has 0 heterocycles. The molecular formula is C14H24O2. The van der Waals surface area contributed by atoms with E-state index >= 15 is 0 Å². The number of esters is 1. The Morgan fingerprint density at radius 2 is 1.94 bits per heavy atom. The summed E-state index contributed by atoms with van der Waals surface area (Å²) in [7, 11) is 0. The normalized spacial score (nSPS) is 26.2. The molecule has 0 radical (unpaired) electrons. The Labute approximate surface area is 99.1 Å². The zero-order valence-corrected chi connectivity index (χ0v) is 11.0. The van der Waals surface area contributed by atoms with Crippen LogP contribution >= 0.6 is 0 Å². The van der Waals surface area contributed by atoms with E-state index in [2.05, 4.69) is 27.4 Å². The summed E-state index contributed by atoms with van der Waals surface area (Å²) in [6, 6.07) is 0. The predicted molar refractivity (Wildman–Crippen MR) is 66.1 cm³/mol. The topological polar surface area (TPSA) is 26.3 Å². The van der Waals surface area contributed by atoms with Crippen LogP contribution in [0.2, 0.25) is 0 Å². The Morgan fingerprint density at radius 3 is 2.44 bits per heavy atom. The molecule has 0 spiro atoms. The van der Waals surface area contributed by atoms with Crippen molar-refractivity contribution in [3.8, 4) is 0 Å². The third-order valence-corrected chi connectivity index (χ3v) is 3.47. The van der Waals surface area contributed by atoms with Gasteiger partial charge in [0, 0.05) is 5.57 Å². The van der Waals surface area contributed by atoms with Crippen LogP contribution in [0.4, 0.5) is 0 Å². The van der Waals surface area contributed by atoms with Gasteiger partial charge in [-0.2, -0.15) is 0 Å². The smallest absolute Gasteiger partial charge is 0.333 e. The lowest BCUT2D eigenvalue weighted by molar-refractivity contribution is -0.147. The molecule has 2 heteroatoms. The molecule has 0 saturated heterocycles. The van der Waals surface area contributed by atoms with Gasteiger partial charge in [-0.3, -0.25) is 0 Å². The van der Waals surface area contributed by atoms with Crippen molar-refractivity contribution in [1.29, 1.82) is 0 Å². The molecule has 2 atom stereocenters. The van der Waals surface area contributed by atoms with Gasteiger partial charge in [0.2, 0.25) is 0 Å². The molecule has 0 aromatic rings. The summed E-state index contributed by atoms with van der Waals surface area (Å²) in [5.74, 6) is 0.420. The molecule has 0 N–H and O–H groups in total. The summed E-state index contributed by atoms with van der Waals surface area (Å²) in [4.78, 5) is 11.4. The summed E-state index contributed by atoms with van der Waals surface area (Å²) in [6.07, 6.45) is 4.52. The van der Waals surface area contributed by atoms with Crippen LogP contribution in [0.5, 0.6) is 0 Å². The Kier molecular flexibility index (Phi) is 4.17. The first kappa shape index (κ1) is 13.3. The monoisotopic (exact) mass is 224 g/mol. The number of ether oxygens (including phenoxy) is 1. The van der Waals surface area contributed by atoms with E-state index in [0.29, 0.717) is 16.9 Å². The Hall–Kier alpha value is -0.790. The van der Waals surface area contributed by atoms with Gasteiger partial charge in [0.15, 0.2) is 0 Å². The molecule has 2 nitrogen and oxygen atoms in total. The molecule has 0 bridgehead atoms. The molecule has 16 heavy (non-hydrogen) atoms. The summed E-state index contributed by atoms with van der Waals surface area (Å²) in [5.41, 5.74) is 0.812. The van der Waals surface area contributed by atoms with Crippen molar-refractivity contribution >= 4 is 5.97 Å². The fraction of sp³-hybridized carbons (Fsp3) is 0.786. The lowest BCUT2D eigenvalue weighted by Gasteiger charge is -2.37. The van der Waals surface area contributed by atoms with E-state index in [1.54, 1.807) is 6.92 Å². The first-order chi connectivity index (χ1) is 7.30. The maximum atomic E-state index is 11.4. The zero-order chi connectivity index (χ0) is 12.3. The number of hydrogen-bond donors (Lipinski definition) is 0. The largest absolute Gasteiger partial charge is 0.459 e. The highest BCUT2D eigenvalue weighted by molar-refractivity contribution is 5.87. The second kappa shape index (κ2) is 5.03. The van der Waals surface area contributed by atoms with Crippen LogP contribution in [0.3, 0.4) is 0 Å². The van der Waals surface area contributed by atoms with E-state index in [1.807, 2.05) is 0 Å². The standard InChI is InChI=1S/C14H24O2/c1-10(2)13(15)16-12-8-6-7-11(9-12)14(3,4)5/h11-12H,1,6-9H2,2-5H3. The van der Waals surface area contributed by atoms with Crippen molar-refractivity contribution in [2.45, 2.75) is 59.5 Å². The quantitative estimate of drug-likeness (QED) is 0.528. The highest BCUT2D eigenvalue weighted by Gasteiger charge is 2.32. The number of carbonyl (C=O) groups is 1. The van der Waals surface area contributed by atoms with Gasteiger partial charge in [-0.05, 0) is 43.9 Å². The highest BCUT2D eigenvalue weighted by Crippen LogP contribution is 2.38. The van der Waals surface area contributed by atoms with E-state index in [9.17, 15) is 4.79 Å². The molecule has 0 aromatic heterocycles. The second-order valence-corrected chi connectivity index (χ2v) is 6.04. The lowest BCUT2D eigenvalue weighted by atomic mass is 9.71. The molecule has 1 aliphatic rings. The summed E-state index contributed by atoms with van der Waals surface area (Å²) >= 11 is 0. The van der Waals surface area contributed by atoms with E-state index < -0.39 is 0 Å². The van der Waals surface area contributed by atoms with Crippen molar-refractivity contribution < 1.29 is 9.53 Å². The fourth-order valence-corrected chi connectivity index (χ4v) is 2.29. The van der Waals surface area contributed by atoms with Gasteiger partial charge in [-0.15, -0.1) is 0 Å². The van der Waals surface area contributed by atoms with Crippen LogP contribution in [-0.2, 0) is 9.53 Å². The zero-order valence-electron chi connectivity index (χ0n) is 11.0. The fourth-order valence-electron chi connectivity index (χ4n) is 2.29. The molecular weight excluding hydrogens is 200 g/mol. The lowest BCUT2D eigenvalue weighted by Crippen LogP contribution is -2.32. The van der Waals surface area contributed by atoms with Gasteiger partial charge in [0.25, 0.3) is 0 Å². The van der Waals surface area contributed by atoms with Gasteiger partial charge in [0.05, 0.1) is 0 Å². The maximum Gasteiger partial charge on any atom is 0.333 e. The summed E-state index contributed by atoms with van der Waals surface area (Å²) in [6.45, 7) is 12.1. The van der Waals surface area contributed by atoms with E-state index in [4.69, 9.17) is 4.74 Å². The van der Waals surface area contributed by atoms with E-state index in [-0.39, 0.29) is 12.1 Å². The molecule has 0 aromatic carbocycles. The van der Waals surface area contributed by atoms with Gasteiger partial charge in [-0.1, -0.05) is 27.4 Å². The number of hydrogen-bond acceptors (Lipinski definition) is 2. The minimum Gasteiger partial charge on any atom is -0.459 e. The van der Waals surface area contributed by atoms with Crippen LogP contribution < -0.4 is 0 Å². The Morgan fingerprint density at radius 1 is 1.31 bits per heavy atom. The van der Waals surface area contributed by atoms with Crippen molar-refractivity contribution in [2.24, 2.45) is 11.3 Å². The number of carbonyl (C=O) groups excluding carboxylic acids is 1. The van der Waals surface area contributed by atoms with Crippen molar-refractivity contribution in [2.75, 3.05) is 0 Å². The molecule has 1 fully saturated rings. The first-order valence-corrected chi connectivity index (χ1v) is 6.17. The SMILES string of the molecule is C=C(C)C(=O)OC1CCCC(C(C)(C)C)C1. The van der Waals surface area contributed by atoms with Gasteiger partial charge in [-0.25, -0.2) is 4.79 Å². The van der Waals surface area contributed by atoms with Crippen LogP contribution in [0.15, 0.2) is 12.2 Å². The predicted octanol–water partition coefficient (Wildman–Crippen LogP) is 3.71. The average molecular weight is 224 g/mol. The van der Waals surface area contributed by atoms with Crippen LogP contribution in [-0.4, -0.2) is 12.1 Å². The molecule has 1 saturated carbocycles. The average Bonchev–Trinajstić information content (AvgIpc) is 2.16. The van der Waals surface area contributed by atoms with Crippen molar-refractivity contribution in [3.05, 3.63) is 12.2 Å². The second-order valence-electron chi connectivity index (χ2n) is 6.04. The summed E-state index contributed by atoms with van der Waals surface area (Å²) < 4.78 is 5.44. The third kappa shape index (κ3) is 3.66. The Balaban J connectivity index is 2.51. The first-order valence-electron chi connectivity index (χ1n) is 6.17. The molecule has 92 valence electrons. The van der Waals surface area contributed by atoms with Gasteiger partial charge < -0.3 is 4.74 Å². The number of rotatable bonds is 2. The van der Waals surface area contributed by atoms with Crippen LogP contribution in [0.1, 0.15) is 53.4 Å². The third-order valence-electron chi connectivity index (χ3n) is 3.47. The van der Waals surface area contributed by atoms with Crippen LogP contribution in [0, 0.1) is 11.3 Å². The van der Waals surface area contributed by atoms with Crippen LogP contribution in [0.25, 0.3) is 0 Å². The minimum absolute atomic E-state index is 0.0992. The molecule has 2 unspecified atom stereocenters.